The highest BCUT2D eigenvalue weighted by molar-refractivity contribution is 14.1. The fourth-order valence-corrected chi connectivity index (χ4v) is 6.14. The van der Waals surface area contributed by atoms with Crippen molar-refractivity contribution in [2.24, 2.45) is 0 Å². The second-order valence-corrected chi connectivity index (χ2v) is 12.7. The van der Waals surface area contributed by atoms with Crippen LogP contribution in [-0.4, -0.2) is 120 Å². The highest BCUT2D eigenvalue weighted by Crippen LogP contribution is 2.39. The van der Waals surface area contributed by atoms with Crippen LogP contribution in [-0.2, 0) is 21.8 Å². The third-order valence-corrected chi connectivity index (χ3v) is 8.78. The van der Waals surface area contributed by atoms with E-state index in [1.807, 2.05) is 22.6 Å². The zero-order chi connectivity index (χ0) is 38.7. The maximum absolute atomic E-state index is 13.2. The molecule has 2 fully saturated rings. The zero-order valence-electron chi connectivity index (χ0n) is 26.3. The molecule has 7 rings (SSSR count). The first kappa shape index (κ1) is 38.6. The number of aliphatic hydroxyl groups excluding tert-OH is 6. The van der Waals surface area contributed by atoms with E-state index in [1.54, 1.807) is 0 Å². The van der Waals surface area contributed by atoms with Crippen molar-refractivity contribution >= 4 is 56.6 Å². The standard InChI is InChI=1S/C18H15F6N5O4.C10H12IN5O4/c19-17(20,21)7-1-6(2-8(3-7)18(22,23)24)14-27-13(25)10-15(28-14)29(5-26-10)16-12(32)11(31)9(4-30)33-16;11-10-14-7(12)4-8(15-10)16(2-13-4)9-6(19)5(18)3(1-17)20-9/h1-3,5,9,11-12,16,30-32H,4H2,(H2,25,27,28);2-3,5-6,9,17-19H,1H2,(H2,12,14,15)/t9-,11-,12-,16-;3-,5-,6-,9-/m11/s1. The molecule has 0 amide bonds. The fraction of sp³-hybridized carbons (Fsp3) is 0.429. The number of nitrogen functional groups attached to an aromatic ring is 2. The molecule has 0 spiro atoms. The van der Waals surface area contributed by atoms with Crippen molar-refractivity contribution in [2.45, 2.75) is 61.4 Å². The highest BCUT2D eigenvalue weighted by atomic mass is 127. The van der Waals surface area contributed by atoms with E-state index in [9.17, 15) is 51.9 Å². The molecule has 0 aliphatic carbocycles. The Kier molecular flexibility index (Phi) is 10.4. The van der Waals surface area contributed by atoms with E-state index in [0.717, 1.165) is 10.9 Å². The van der Waals surface area contributed by atoms with E-state index >= 15 is 0 Å². The first-order valence-electron chi connectivity index (χ1n) is 15.0. The van der Waals surface area contributed by atoms with Gasteiger partial charge in [0.25, 0.3) is 0 Å². The smallest absolute Gasteiger partial charge is 0.394 e. The van der Waals surface area contributed by atoms with Crippen molar-refractivity contribution in [2.75, 3.05) is 24.7 Å². The molecule has 0 unspecified atom stereocenters. The van der Waals surface area contributed by atoms with E-state index < -0.39 is 97.2 Å². The van der Waals surface area contributed by atoms with E-state index in [1.165, 1.54) is 10.9 Å². The number of hydrogen-bond donors (Lipinski definition) is 8. The molecule has 2 aliphatic rings. The maximum atomic E-state index is 13.2. The van der Waals surface area contributed by atoms with Crippen molar-refractivity contribution < 1.29 is 66.5 Å². The minimum absolute atomic E-state index is 0.0330. The van der Waals surface area contributed by atoms with Gasteiger partial charge in [0.2, 0.25) is 0 Å². The third kappa shape index (κ3) is 7.26. The lowest BCUT2D eigenvalue weighted by Gasteiger charge is -2.17. The van der Waals surface area contributed by atoms with Crippen molar-refractivity contribution in [3.8, 4) is 11.4 Å². The number of rotatable bonds is 5. The number of fused-ring (bicyclic) bond motifs is 2. The Labute approximate surface area is 304 Å². The number of alkyl halides is 6. The second kappa shape index (κ2) is 14.3. The fourth-order valence-electron chi connectivity index (χ4n) is 5.65. The first-order valence-corrected chi connectivity index (χ1v) is 16.1. The van der Waals surface area contributed by atoms with Gasteiger partial charge in [-0.25, -0.2) is 29.9 Å². The number of nitrogens with zero attached hydrogens (tertiary/aromatic N) is 8. The molecule has 0 bridgehead atoms. The predicted molar refractivity (Wildman–Crippen MR) is 174 cm³/mol. The van der Waals surface area contributed by atoms with Gasteiger partial charge in [-0.3, -0.25) is 9.13 Å². The molecule has 18 nitrogen and oxygen atoms in total. The Hall–Kier alpha value is -4.09. The summed E-state index contributed by atoms with van der Waals surface area (Å²) in [5, 5.41) is 58.4. The molecule has 10 N–H and O–H groups in total. The molecule has 0 saturated carbocycles. The van der Waals surface area contributed by atoms with Crippen LogP contribution in [0.25, 0.3) is 33.7 Å². The Morgan fingerprint density at radius 2 is 1.09 bits per heavy atom. The van der Waals surface area contributed by atoms with Crippen LogP contribution < -0.4 is 11.5 Å². The number of benzene rings is 1. The van der Waals surface area contributed by atoms with Gasteiger partial charge in [-0.15, -0.1) is 0 Å². The molecular formula is C28H27F6IN10O8. The van der Waals surface area contributed by atoms with Crippen molar-refractivity contribution in [3.05, 3.63) is 45.8 Å². The highest BCUT2D eigenvalue weighted by Gasteiger charge is 2.45. The van der Waals surface area contributed by atoms with E-state index in [2.05, 4.69) is 29.9 Å². The van der Waals surface area contributed by atoms with Gasteiger partial charge in [0.1, 0.15) is 47.7 Å². The van der Waals surface area contributed by atoms with Crippen LogP contribution in [0.15, 0.2) is 30.9 Å². The van der Waals surface area contributed by atoms with Crippen LogP contribution in [0.3, 0.4) is 0 Å². The van der Waals surface area contributed by atoms with E-state index in [0.29, 0.717) is 27.1 Å². The topological polar surface area (TPSA) is 279 Å². The Morgan fingerprint density at radius 1 is 0.660 bits per heavy atom. The van der Waals surface area contributed by atoms with Crippen molar-refractivity contribution in [1.82, 2.24) is 39.0 Å². The number of hydrogen-bond acceptors (Lipinski definition) is 16. The van der Waals surface area contributed by atoms with Crippen LogP contribution in [0.1, 0.15) is 23.6 Å². The predicted octanol–water partition coefficient (Wildman–Crippen LogP) is 0.349. The SMILES string of the molecule is Nc1nc(-c2cc(C(F)(F)F)cc(C(F)(F)F)c2)nc2c1ncn2[C@@H]1O[C@H](CO)[C@@H](O)[C@H]1O.Nc1nc(I)nc2c1ncn2[C@@H]1O[C@H](CO)[C@@H](O)[C@H]1O. The second-order valence-electron chi connectivity index (χ2n) is 11.7. The van der Waals surface area contributed by atoms with Crippen LogP contribution >= 0.6 is 22.6 Å². The molecule has 1 aromatic carbocycles. The summed E-state index contributed by atoms with van der Waals surface area (Å²) < 4.78 is 93.1. The number of nitrogens with two attached hydrogens (primary N) is 2. The van der Waals surface area contributed by atoms with Gasteiger partial charge in [-0.2, -0.15) is 26.3 Å². The first-order chi connectivity index (χ1) is 24.8. The molecule has 25 heteroatoms. The number of imidazole rings is 2. The molecule has 6 heterocycles. The molecule has 53 heavy (non-hydrogen) atoms. The molecule has 2 aliphatic heterocycles. The van der Waals surface area contributed by atoms with Crippen LogP contribution in [0, 0.1) is 3.83 Å². The number of aliphatic hydroxyl groups is 6. The van der Waals surface area contributed by atoms with Crippen LogP contribution in [0.2, 0.25) is 0 Å². The van der Waals surface area contributed by atoms with Gasteiger partial charge >= 0.3 is 12.4 Å². The van der Waals surface area contributed by atoms with Gasteiger partial charge in [0.15, 0.2) is 45.0 Å². The van der Waals surface area contributed by atoms with Gasteiger partial charge in [0.05, 0.1) is 37.0 Å². The molecule has 0 radical (unpaired) electrons. The lowest BCUT2D eigenvalue weighted by molar-refractivity contribution is -0.143. The number of aromatic nitrogens is 8. The number of halogens is 7. The summed E-state index contributed by atoms with van der Waals surface area (Å²) >= 11 is 1.92. The van der Waals surface area contributed by atoms with E-state index in [-0.39, 0.29) is 28.9 Å². The van der Waals surface area contributed by atoms with Gasteiger partial charge in [-0.05, 0) is 18.2 Å². The van der Waals surface area contributed by atoms with Gasteiger partial charge < -0.3 is 51.6 Å². The molecule has 5 aromatic rings. The Bertz CT molecular complexity index is 2110. The summed E-state index contributed by atoms with van der Waals surface area (Å²) in [6.45, 7) is -1.02. The summed E-state index contributed by atoms with van der Waals surface area (Å²) in [5.74, 6) is -0.693. The number of ether oxygens (including phenoxy) is 2. The Balaban J connectivity index is 0.000000204. The lowest BCUT2D eigenvalue weighted by atomic mass is 10.0. The minimum atomic E-state index is -5.08. The Morgan fingerprint density at radius 3 is 1.51 bits per heavy atom. The summed E-state index contributed by atoms with van der Waals surface area (Å²) in [6.07, 6.45) is -17.3. The minimum Gasteiger partial charge on any atom is -0.394 e. The molecule has 4 aromatic heterocycles. The van der Waals surface area contributed by atoms with Gasteiger partial charge in [0, 0.05) is 28.2 Å². The monoisotopic (exact) mass is 872 g/mol. The third-order valence-electron chi connectivity index (χ3n) is 8.30. The van der Waals surface area contributed by atoms with Crippen LogP contribution in [0.4, 0.5) is 38.0 Å². The van der Waals surface area contributed by atoms with E-state index in [4.69, 9.17) is 26.0 Å². The largest absolute Gasteiger partial charge is 0.416 e. The lowest BCUT2D eigenvalue weighted by Crippen LogP contribution is -2.33. The maximum Gasteiger partial charge on any atom is 0.416 e. The average molecular weight is 872 g/mol. The molecule has 286 valence electrons. The molecular weight excluding hydrogens is 845 g/mol. The summed E-state index contributed by atoms with van der Waals surface area (Å²) in [5.41, 5.74) is 8.37. The normalized spacial score (nSPS) is 26.4. The molecule has 8 atom stereocenters. The summed E-state index contributed by atoms with van der Waals surface area (Å²) in [7, 11) is 0. The van der Waals surface area contributed by atoms with Crippen molar-refractivity contribution in [1.29, 1.82) is 0 Å². The van der Waals surface area contributed by atoms with Crippen LogP contribution in [0.5, 0.6) is 0 Å². The van der Waals surface area contributed by atoms with Gasteiger partial charge in [-0.1, -0.05) is 0 Å². The summed E-state index contributed by atoms with van der Waals surface area (Å²) in [6, 6.07) is 0.862. The molecule has 2 saturated heterocycles. The summed E-state index contributed by atoms with van der Waals surface area (Å²) in [4.78, 5) is 24.0. The van der Waals surface area contributed by atoms with Crippen molar-refractivity contribution in [3.63, 3.8) is 0 Å². The zero-order valence-corrected chi connectivity index (χ0v) is 28.5. The quantitative estimate of drug-likeness (QED) is 0.0672. The number of anilines is 2. The average Bonchev–Trinajstić information content (AvgIpc) is 3.85.